The first-order valence-corrected chi connectivity index (χ1v) is 5.04. The number of rotatable bonds is 3. The number of ether oxygens (including phenoxy) is 1. The van der Waals surface area contributed by atoms with Crippen LogP contribution in [0.1, 0.15) is 5.69 Å². The molecule has 7 heteroatoms. The van der Waals surface area contributed by atoms with Crippen LogP contribution in [0.5, 0.6) is 5.88 Å². The standard InChI is InChI=1S/C10H14N6O/c1-6-8(5-13-16(6)2)14-10-12-4-7(11)9(15-10)17-3/h4-5H,11H2,1-3H3,(H,12,14,15). The maximum absolute atomic E-state index is 5.63. The van der Waals surface area contributed by atoms with Gasteiger partial charge in [-0.2, -0.15) is 10.1 Å². The van der Waals surface area contributed by atoms with Gasteiger partial charge in [-0.05, 0) is 6.92 Å². The van der Waals surface area contributed by atoms with Gasteiger partial charge in [0, 0.05) is 7.05 Å². The second-order valence-corrected chi connectivity index (χ2v) is 3.55. The summed E-state index contributed by atoms with van der Waals surface area (Å²) >= 11 is 0. The molecule has 0 atom stereocenters. The minimum absolute atomic E-state index is 0.351. The maximum Gasteiger partial charge on any atom is 0.241 e. The number of hydrogen-bond acceptors (Lipinski definition) is 6. The van der Waals surface area contributed by atoms with Crippen LogP contribution in [0.2, 0.25) is 0 Å². The van der Waals surface area contributed by atoms with E-state index in [1.54, 1.807) is 10.9 Å². The normalized spacial score (nSPS) is 10.3. The first-order chi connectivity index (χ1) is 8.11. The van der Waals surface area contributed by atoms with Gasteiger partial charge in [0.1, 0.15) is 5.69 Å². The average Bonchev–Trinajstić information content (AvgIpc) is 2.63. The lowest BCUT2D eigenvalue weighted by molar-refractivity contribution is 0.400. The van der Waals surface area contributed by atoms with Gasteiger partial charge in [-0.25, -0.2) is 4.98 Å². The fraction of sp³-hybridized carbons (Fsp3) is 0.300. The van der Waals surface area contributed by atoms with Crippen LogP contribution in [-0.4, -0.2) is 26.9 Å². The number of methoxy groups -OCH3 is 1. The van der Waals surface area contributed by atoms with Crippen molar-refractivity contribution in [2.24, 2.45) is 7.05 Å². The van der Waals surface area contributed by atoms with E-state index in [0.717, 1.165) is 11.4 Å². The van der Waals surface area contributed by atoms with Crippen molar-refractivity contribution in [3.8, 4) is 5.88 Å². The lowest BCUT2D eigenvalue weighted by atomic mass is 10.4. The molecule has 0 spiro atoms. The quantitative estimate of drug-likeness (QED) is 0.818. The Morgan fingerprint density at radius 1 is 1.41 bits per heavy atom. The van der Waals surface area contributed by atoms with Gasteiger partial charge in [0.05, 0.1) is 30.9 Å². The van der Waals surface area contributed by atoms with E-state index in [1.807, 2.05) is 14.0 Å². The second kappa shape index (κ2) is 4.28. The first-order valence-electron chi connectivity index (χ1n) is 5.04. The van der Waals surface area contributed by atoms with Crippen molar-refractivity contribution in [3.05, 3.63) is 18.1 Å². The number of nitrogens with zero attached hydrogens (tertiary/aromatic N) is 4. The molecular weight excluding hydrogens is 220 g/mol. The molecule has 2 aromatic rings. The Morgan fingerprint density at radius 2 is 2.18 bits per heavy atom. The minimum Gasteiger partial charge on any atom is -0.479 e. The number of aromatic nitrogens is 4. The molecule has 0 amide bonds. The fourth-order valence-corrected chi connectivity index (χ4v) is 1.34. The van der Waals surface area contributed by atoms with Crippen LogP contribution in [0.25, 0.3) is 0 Å². The number of nitrogens with one attached hydrogen (secondary N) is 1. The van der Waals surface area contributed by atoms with Crippen LogP contribution in [0.15, 0.2) is 12.4 Å². The monoisotopic (exact) mass is 234 g/mol. The Morgan fingerprint density at radius 3 is 2.76 bits per heavy atom. The van der Waals surface area contributed by atoms with Gasteiger partial charge >= 0.3 is 0 Å². The van der Waals surface area contributed by atoms with E-state index in [-0.39, 0.29) is 0 Å². The third-order valence-corrected chi connectivity index (χ3v) is 2.46. The Labute approximate surface area is 98.6 Å². The van der Waals surface area contributed by atoms with Crippen molar-refractivity contribution in [2.75, 3.05) is 18.2 Å². The van der Waals surface area contributed by atoms with Crippen molar-refractivity contribution in [1.29, 1.82) is 0 Å². The minimum atomic E-state index is 0.351. The number of anilines is 3. The summed E-state index contributed by atoms with van der Waals surface area (Å²) in [5, 5.41) is 7.17. The fourth-order valence-electron chi connectivity index (χ4n) is 1.34. The van der Waals surface area contributed by atoms with Gasteiger partial charge < -0.3 is 15.8 Å². The zero-order valence-electron chi connectivity index (χ0n) is 9.93. The smallest absolute Gasteiger partial charge is 0.241 e. The molecule has 0 fully saturated rings. The van der Waals surface area contributed by atoms with Crippen LogP contribution >= 0.6 is 0 Å². The van der Waals surface area contributed by atoms with E-state index < -0.39 is 0 Å². The van der Waals surface area contributed by atoms with Crippen LogP contribution in [0.4, 0.5) is 17.3 Å². The highest BCUT2D eigenvalue weighted by molar-refractivity contribution is 5.57. The van der Waals surface area contributed by atoms with E-state index >= 15 is 0 Å². The predicted molar refractivity (Wildman–Crippen MR) is 64.2 cm³/mol. The number of nitrogen functional groups attached to an aromatic ring is 1. The molecule has 0 saturated heterocycles. The molecule has 7 nitrogen and oxygen atoms in total. The number of aryl methyl sites for hydroxylation is 1. The van der Waals surface area contributed by atoms with Crippen molar-refractivity contribution in [1.82, 2.24) is 19.7 Å². The topological polar surface area (TPSA) is 90.9 Å². The van der Waals surface area contributed by atoms with E-state index in [2.05, 4.69) is 20.4 Å². The molecule has 0 bridgehead atoms. The summed E-state index contributed by atoms with van der Waals surface area (Å²) in [5.41, 5.74) is 7.87. The lowest BCUT2D eigenvalue weighted by Gasteiger charge is -2.07. The van der Waals surface area contributed by atoms with E-state index in [1.165, 1.54) is 13.3 Å². The Hall–Kier alpha value is -2.31. The van der Waals surface area contributed by atoms with E-state index in [0.29, 0.717) is 17.5 Å². The van der Waals surface area contributed by atoms with Crippen molar-refractivity contribution in [3.63, 3.8) is 0 Å². The molecule has 3 N–H and O–H groups in total. The lowest BCUT2D eigenvalue weighted by Crippen LogP contribution is -2.02. The van der Waals surface area contributed by atoms with Crippen LogP contribution in [0, 0.1) is 6.92 Å². The van der Waals surface area contributed by atoms with Gasteiger partial charge in [0.2, 0.25) is 11.8 Å². The summed E-state index contributed by atoms with van der Waals surface area (Å²) in [6.45, 7) is 1.95. The average molecular weight is 234 g/mol. The third-order valence-electron chi connectivity index (χ3n) is 2.46. The van der Waals surface area contributed by atoms with Gasteiger partial charge in [-0.15, -0.1) is 0 Å². The molecule has 0 aliphatic heterocycles. The second-order valence-electron chi connectivity index (χ2n) is 3.55. The molecule has 0 unspecified atom stereocenters. The van der Waals surface area contributed by atoms with Crippen molar-refractivity contribution in [2.45, 2.75) is 6.92 Å². The van der Waals surface area contributed by atoms with Crippen LogP contribution in [0.3, 0.4) is 0 Å². The zero-order valence-corrected chi connectivity index (χ0v) is 9.93. The van der Waals surface area contributed by atoms with E-state index in [4.69, 9.17) is 10.5 Å². The first kappa shape index (κ1) is 11.2. The SMILES string of the molecule is COc1nc(Nc2cnn(C)c2C)ncc1N. The van der Waals surface area contributed by atoms with Crippen LogP contribution in [-0.2, 0) is 7.05 Å². The highest BCUT2D eigenvalue weighted by Crippen LogP contribution is 2.21. The highest BCUT2D eigenvalue weighted by Gasteiger charge is 2.08. The Bertz CT molecular complexity index is 536. The van der Waals surface area contributed by atoms with E-state index in [9.17, 15) is 0 Å². The molecule has 0 aliphatic rings. The zero-order chi connectivity index (χ0) is 12.4. The van der Waals surface area contributed by atoms with Gasteiger partial charge in [0.15, 0.2) is 0 Å². The predicted octanol–water partition coefficient (Wildman–Crippen LogP) is 0.853. The molecule has 0 aliphatic carbocycles. The molecule has 2 aromatic heterocycles. The molecule has 0 saturated carbocycles. The summed E-state index contributed by atoms with van der Waals surface area (Å²) in [6.07, 6.45) is 3.21. The molecule has 0 aromatic carbocycles. The summed E-state index contributed by atoms with van der Waals surface area (Å²) in [4.78, 5) is 8.20. The molecule has 90 valence electrons. The summed E-state index contributed by atoms with van der Waals surface area (Å²) < 4.78 is 6.78. The molecule has 17 heavy (non-hydrogen) atoms. The highest BCUT2D eigenvalue weighted by atomic mass is 16.5. The molecule has 2 rings (SSSR count). The van der Waals surface area contributed by atoms with Gasteiger partial charge in [-0.1, -0.05) is 0 Å². The Kier molecular flexibility index (Phi) is 2.82. The van der Waals surface area contributed by atoms with Crippen molar-refractivity contribution < 1.29 is 4.74 Å². The largest absolute Gasteiger partial charge is 0.479 e. The van der Waals surface area contributed by atoms with Gasteiger partial charge in [0.25, 0.3) is 0 Å². The summed E-state index contributed by atoms with van der Waals surface area (Å²) in [7, 11) is 3.38. The van der Waals surface area contributed by atoms with Crippen LogP contribution < -0.4 is 15.8 Å². The molecule has 2 heterocycles. The maximum atomic E-state index is 5.63. The number of hydrogen-bond donors (Lipinski definition) is 2. The number of nitrogens with two attached hydrogens (primary N) is 1. The Balaban J connectivity index is 2.27. The summed E-state index contributed by atoms with van der Waals surface area (Å²) in [5.74, 6) is 0.774. The molecular formula is C10H14N6O. The van der Waals surface area contributed by atoms with Crippen molar-refractivity contribution >= 4 is 17.3 Å². The van der Waals surface area contributed by atoms with Gasteiger partial charge in [-0.3, -0.25) is 4.68 Å². The molecule has 0 radical (unpaired) electrons. The third kappa shape index (κ3) is 2.12. The summed E-state index contributed by atoms with van der Waals surface area (Å²) in [6, 6.07) is 0.